The average molecular weight is 850 g/mol. The molecule has 0 aliphatic carbocycles. The van der Waals surface area contributed by atoms with E-state index < -0.39 is 53.6 Å². The van der Waals surface area contributed by atoms with Gasteiger partial charge >= 0.3 is 6.18 Å². The Morgan fingerprint density at radius 2 is 1.82 bits per heavy atom. The monoisotopic (exact) mass is 849 g/mol. The molecule has 3 saturated heterocycles. The second-order valence-electron chi connectivity index (χ2n) is 15.4. The molecule has 4 aliphatic rings. The molecule has 60 heavy (non-hydrogen) atoms. The van der Waals surface area contributed by atoms with Crippen LogP contribution in [-0.2, 0) is 32.6 Å². The number of likely N-dealkylation sites (tertiary alicyclic amines) is 1. The van der Waals surface area contributed by atoms with Gasteiger partial charge in [-0.25, -0.2) is 4.98 Å². The van der Waals surface area contributed by atoms with E-state index >= 15 is 0 Å². The van der Waals surface area contributed by atoms with Crippen LogP contribution in [0, 0.1) is 0 Å². The first-order valence-electron chi connectivity index (χ1n) is 19.4. The van der Waals surface area contributed by atoms with Gasteiger partial charge in [0.1, 0.15) is 24.1 Å². The summed E-state index contributed by atoms with van der Waals surface area (Å²) in [5.41, 5.74) is -0.667. The number of nitrogens with one attached hydrogen (secondary N) is 1. The number of carbonyl (C=O) groups is 2. The Balaban J connectivity index is 1.06. The van der Waals surface area contributed by atoms with E-state index in [2.05, 4.69) is 20.3 Å². The number of rotatable bonds is 6. The topological polar surface area (TPSA) is 180 Å². The van der Waals surface area contributed by atoms with Crippen LogP contribution in [0.15, 0.2) is 65.6 Å². The van der Waals surface area contributed by atoms with Gasteiger partial charge in [-0.1, -0.05) is 11.6 Å². The molecular weight excluding hydrogens is 811 g/mol. The lowest BCUT2D eigenvalue weighted by atomic mass is 9.85. The lowest BCUT2D eigenvalue weighted by molar-refractivity contribution is -0.137. The number of ether oxygens (including phenoxy) is 2. The molecule has 3 fully saturated rings. The smallest absolute Gasteiger partial charge is 0.416 e. The first kappa shape index (κ1) is 39.8. The molecule has 5 aromatic rings. The van der Waals surface area contributed by atoms with E-state index in [0.29, 0.717) is 37.5 Å². The highest BCUT2D eigenvalue weighted by atomic mass is 35.5. The number of piperazine rings is 1. The molecule has 3 aromatic heterocycles. The zero-order valence-electron chi connectivity index (χ0n) is 32.1. The first-order valence-corrected chi connectivity index (χ1v) is 19.8. The molecule has 7 heterocycles. The Morgan fingerprint density at radius 1 is 1.05 bits per heavy atom. The van der Waals surface area contributed by atoms with Crippen molar-refractivity contribution in [2.24, 2.45) is 0 Å². The summed E-state index contributed by atoms with van der Waals surface area (Å²) in [5.74, 6) is -1.16. The summed E-state index contributed by atoms with van der Waals surface area (Å²) < 4.78 is 54.9. The number of benzene rings is 2. The van der Waals surface area contributed by atoms with Gasteiger partial charge in [0.2, 0.25) is 11.7 Å². The van der Waals surface area contributed by atoms with Gasteiger partial charge in [-0.2, -0.15) is 22.7 Å². The summed E-state index contributed by atoms with van der Waals surface area (Å²) in [7, 11) is 0. The Labute approximate surface area is 344 Å². The fraction of sp³-hybridized carbons (Fsp3) is 0.400. The minimum absolute atomic E-state index is 0.0317. The molecular formula is C40H39ClF3N9O7. The van der Waals surface area contributed by atoms with Crippen molar-refractivity contribution < 1.29 is 42.4 Å². The molecule has 16 nitrogen and oxygen atoms in total. The number of aliphatic hydroxyl groups is 1. The fourth-order valence-corrected chi connectivity index (χ4v) is 9.03. The molecule has 314 valence electrons. The Bertz CT molecular complexity index is 2560. The molecule has 0 saturated carbocycles. The number of halogens is 4. The van der Waals surface area contributed by atoms with Crippen LogP contribution in [0.2, 0.25) is 5.02 Å². The highest BCUT2D eigenvalue weighted by molar-refractivity contribution is 6.33. The van der Waals surface area contributed by atoms with Crippen LogP contribution in [0.5, 0.6) is 5.75 Å². The van der Waals surface area contributed by atoms with Gasteiger partial charge in [0, 0.05) is 50.2 Å². The number of anilines is 2. The van der Waals surface area contributed by atoms with E-state index in [9.17, 15) is 37.8 Å². The first-order chi connectivity index (χ1) is 28.7. The number of pyridine rings is 1. The van der Waals surface area contributed by atoms with Gasteiger partial charge in [0.25, 0.3) is 11.5 Å². The van der Waals surface area contributed by atoms with Crippen molar-refractivity contribution in [2.75, 3.05) is 56.2 Å². The Morgan fingerprint density at radius 3 is 2.53 bits per heavy atom. The van der Waals surface area contributed by atoms with Crippen molar-refractivity contribution in [1.82, 2.24) is 33.9 Å². The van der Waals surface area contributed by atoms with Crippen molar-refractivity contribution in [3.8, 4) is 17.1 Å². The standard InChI is InChI=1S/C40H39ClF3N9O7/c1-22-34-32(39(60-22)10-13-49(14-11-39)37(58)33-29(54)3-2-12-45-33)36(57)53-38(52(34)19-30(55)46-28-9-6-24(17-27(28)41)40(42,43)44)47-35(48-53)23-4-7-25(8-5-23)50-15-16-51-26(18-50)20-59-21-31(51)56/h2-9,12,17,22,26,31,54,56H,10-11,13-16,18-21H2,1H3,(H,46,55)/t22-,26+,31?/m1/s1. The molecule has 9 rings (SSSR count). The number of hydrogen-bond acceptors (Lipinski definition) is 12. The molecule has 0 bridgehead atoms. The van der Waals surface area contributed by atoms with Crippen LogP contribution < -0.4 is 15.8 Å². The Kier molecular flexibility index (Phi) is 10.1. The van der Waals surface area contributed by atoms with Crippen LogP contribution in [0.3, 0.4) is 0 Å². The van der Waals surface area contributed by atoms with Gasteiger partial charge in [-0.3, -0.25) is 19.3 Å². The van der Waals surface area contributed by atoms with Crippen LogP contribution in [-0.4, -0.2) is 114 Å². The van der Waals surface area contributed by atoms with Gasteiger partial charge in [-0.15, -0.1) is 5.10 Å². The summed E-state index contributed by atoms with van der Waals surface area (Å²) >= 11 is 6.19. The summed E-state index contributed by atoms with van der Waals surface area (Å²) in [6.45, 7) is 4.44. The third-order valence-electron chi connectivity index (χ3n) is 11.7. The zero-order chi connectivity index (χ0) is 42.1. The van der Waals surface area contributed by atoms with E-state index in [0.717, 1.165) is 28.4 Å². The number of aromatic nitrogens is 5. The molecule has 4 aliphatic heterocycles. The molecule has 2 amide bonds. The minimum atomic E-state index is -4.64. The predicted octanol–water partition coefficient (Wildman–Crippen LogP) is 4.03. The number of nitrogens with zero attached hydrogens (tertiary/aromatic N) is 8. The van der Waals surface area contributed by atoms with Crippen LogP contribution in [0.25, 0.3) is 17.2 Å². The van der Waals surface area contributed by atoms with Crippen molar-refractivity contribution in [3.05, 3.63) is 98.7 Å². The molecule has 20 heteroatoms. The maximum atomic E-state index is 14.6. The van der Waals surface area contributed by atoms with E-state index in [1.807, 2.05) is 29.2 Å². The number of morpholine rings is 1. The highest BCUT2D eigenvalue weighted by Gasteiger charge is 2.51. The number of fused-ring (bicyclic) bond motifs is 4. The lowest BCUT2D eigenvalue weighted by Gasteiger charge is -2.46. The van der Waals surface area contributed by atoms with E-state index in [-0.39, 0.29) is 77.9 Å². The maximum absolute atomic E-state index is 14.6. The number of alkyl halides is 3. The third kappa shape index (κ3) is 7.02. The summed E-state index contributed by atoms with van der Waals surface area (Å²) in [6, 6.07) is 13.1. The summed E-state index contributed by atoms with van der Waals surface area (Å²) in [4.78, 5) is 56.4. The molecule has 0 radical (unpaired) electrons. The summed E-state index contributed by atoms with van der Waals surface area (Å²) in [6.07, 6.45) is -4.21. The Hall–Kier alpha value is -5.60. The van der Waals surface area contributed by atoms with E-state index in [1.54, 1.807) is 6.92 Å². The van der Waals surface area contributed by atoms with Crippen molar-refractivity contribution in [2.45, 2.75) is 56.5 Å². The van der Waals surface area contributed by atoms with Gasteiger partial charge in [-0.05, 0) is 74.4 Å². The molecule has 3 N–H and O–H groups in total. The third-order valence-corrected chi connectivity index (χ3v) is 12.0. The largest absolute Gasteiger partial charge is 0.505 e. The fourth-order valence-electron chi connectivity index (χ4n) is 8.80. The molecule has 2 aromatic carbocycles. The SMILES string of the molecule is C[C@H]1OC2(CCN(C(=O)c3ncccc3O)CC2)c2c1n(CC(=O)Nc1ccc(C(F)(F)F)cc1Cl)c1nc(-c3ccc(N4CCN5C(O)COC[C@@H]5C4)cc3)nn1c2=O. The number of amides is 2. The van der Waals surface area contributed by atoms with Gasteiger partial charge in [0.05, 0.1) is 52.9 Å². The van der Waals surface area contributed by atoms with E-state index in [1.165, 1.54) is 27.8 Å². The minimum Gasteiger partial charge on any atom is -0.505 e. The number of aliphatic hydroxyl groups excluding tert-OH is 1. The average Bonchev–Trinajstić information content (AvgIpc) is 3.80. The van der Waals surface area contributed by atoms with Crippen LogP contribution >= 0.6 is 11.6 Å². The number of carbonyl (C=O) groups excluding carboxylic acids is 2. The molecule has 1 unspecified atom stereocenters. The maximum Gasteiger partial charge on any atom is 0.416 e. The van der Waals surface area contributed by atoms with Crippen LogP contribution in [0.1, 0.15) is 53.2 Å². The second kappa shape index (κ2) is 15.1. The van der Waals surface area contributed by atoms with E-state index in [4.69, 9.17) is 26.1 Å². The molecule has 3 atom stereocenters. The van der Waals surface area contributed by atoms with Crippen LogP contribution in [0.4, 0.5) is 24.5 Å². The normalized spacial score (nSPS) is 21.6. The van der Waals surface area contributed by atoms with Gasteiger partial charge < -0.3 is 39.4 Å². The number of piperidine rings is 1. The molecule has 1 spiro atoms. The van der Waals surface area contributed by atoms with Crippen molar-refractivity contribution >= 4 is 40.6 Å². The second-order valence-corrected chi connectivity index (χ2v) is 15.8. The number of aromatic hydroxyl groups is 1. The predicted molar refractivity (Wildman–Crippen MR) is 210 cm³/mol. The highest BCUT2D eigenvalue weighted by Crippen LogP contribution is 2.48. The van der Waals surface area contributed by atoms with Gasteiger partial charge in [0.15, 0.2) is 11.5 Å². The summed E-state index contributed by atoms with van der Waals surface area (Å²) in [5, 5.41) is 27.6. The quantitative estimate of drug-likeness (QED) is 0.224. The van der Waals surface area contributed by atoms with Crippen molar-refractivity contribution in [1.29, 1.82) is 0 Å². The zero-order valence-corrected chi connectivity index (χ0v) is 32.9. The van der Waals surface area contributed by atoms with Crippen molar-refractivity contribution in [3.63, 3.8) is 0 Å². The number of hydrogen-bond donors (Lipinski definition) is 3. The lowest BCUT2D eigenvalue weighted by Crippen LogP contribution is -2.62.